The second-order valence-corrected chi connectivity index (χ2v) is 9.57. The van der Waals surface area contributed by atoms with E-state index in [1.54, 1.807) is 25.4 Å². The van der Waals surface area contributed by atoms with Gasteiger partial charge in [0, 0.05) is 23.6 Å². The number of hydrogen-bond donors (Lipinski definition) is 2. The molecule has 3 aromatic heterocycles. The molecule has 0 aliphatic carbocycles. The van der Waals surface area contributed by atoms with E-state index in [1.165, 1.54) is 47.7 Å². The molecule has 0 fully saturated rings. The van der Waals surface area contributed by atoms with Gasteiger partial charge in [0.15, 0.2) is 11.0 Å². The third-order valence-electron chi connectivity index (χ3n) is 4.20. The number of benzene rings is 1. The fourth-order valence-electron chi connectivity index (χ4n) is 2.69. The molecule has 2 N–H and O–H groups in total. The van der Waals surface area contributed by atoms with Gasteiger partial charge in [0.1, 0.15) is 9.88 Å². The van der Waals surface area contributed by atoms with Crippen LogP contribution >= 0.6 is 22.9 Å². The Morgan fingerprint density at radius 1 is 1.06 bits per heavy atom. The van der Waals surface area contributed by atoms with Gasteiger partial charge >= 0.3 is 0 Å². The molecule has 0 saturated heterocycles. The van der Waals surface area contributed by atoms with Crippen molar-refractivity contribution in [3.8, 4) is 10.6 Å². The number of anilines is 2. The van der Waals surface area contributed by atoms with Crippen LogP contribution in [0.1, 0.15) is 15.4 Å². The summed E-state index contributed by atoms with van der Waals surface area (Å²) in [6.45, 7) is 1.76. The lowest BCUT2D eigenvalue weighted by Gasteiger charge is -2.08. The topological polar surface area (TPSA) is 127 Å². The number of sulfonamides is 1. The number of nitrogens with one attached hydrogen (secondary N) is 2. The summed E-state index contributed by atoms with van der Waals surface area (Å²) in [6.07, 6.45) is 3.35. The number of carbonyl (C=O) groups is 1. The minimum absolute atomic E-state index is 0.0000775. The van der Waals surface area contributed by atoms with Gasteiger partial charge in [0.25, 0.3) is 15.9 Å². The van der Waals surface area contributed by atoms with Crippen LogP contribution in [-0.4, -0.2) is 34.5 Å². The summed E-state index contributed by atoms with van der Waals surface area (Å²) in [5, 5.41) is 10.9. The predicted octanol–water partition coefficient (Wildman–Crippen LogP) is 4.01. The van der Waals surface area contributed by atoms with Crippen molar-refractivity contribution < 1.29 is 13.2 Å². The molecule has 0 saturated carbocycles. The van der Waals surface area contributed by atoms with Crippen molar-refractivity contribution in [2.45, 2.75) is 11.8 Å². The molecule has 12 heteroatoms. The summed E-state index contributed by atoms with van der Waals surface area (Å²) in [7, 11) is -3.88. The van der Waals surface area contributed by atoms with E-state index in [1.807, 2.05) is 6.07 Å². The van der Waals surface area contributed by atoms with Gasteiger partial charge in [-0.1, -0.05) is 11.6 Å². The van der Waals surface area contributed by atoms with Gasteiger partial charge in [-0.25, -0.2) is 13.4 Å². The Hall–Kier alpha value is -3.41. The van der Waals surface area contributed by atoms with Gasteiger partial charge in [0.05, 0.1) is 10.6 Å². The van der Waals surface area contributed by atoms with Crippen molar-refractivity contribution in [3.05, 3.63) is 76.6 Å². The quantitative estimate of drug-likeness (QED) is 0.421. The molecule has 0 spiro atoms. The smallest absolute Gasteiger partial charge is 0.267 e. The highest BCUT2D eigenvalue weighted by molar-refractivity contribution is 7.92. The Bertz CT molecular complexity index is 1360. The molecule has 4 rings (SSSR count). The molecule has 162 valence electrons. The lowest BCUT2D eigenvalue weighted by atomic mass is 10.3. The first-order chi connectivity index (χ1) is 15.3. The Morgan fingerprint density at radius 2 is 1.84 bits per heavy atom. The fourth-order valence-corrected chi connectivity index (χ4v) is 4.74. The van der Waals surface area contributed by atoms with E-state index in [0.29, 0.717) is 21.3 Å². The molecular weight excluding hydrogens is 472 g/mol. The van der Waals surface area contributed by atoms with Crippen LogP contribution in [0, 0.1) is 6.92 Å². The number of aromatic nitrogens is 4. The largest absolute Gasteiger partial charge is 0.321 e. The predicted molar refractivity (Wildman–Crippen MR) is 122 cm³/mol. The van der Waals surface area contributed by atoms with Gasteiger partial charge in [-0.05, 0) is 55.5 Å². The molecule has 4 aromatic rings. The Kier molecular flexibility index (Phi) is 6.12. The molecule has 0 bridgehead atoms. The van der Waals surface area contributed by atoms with Crippen molar-refractivity contribution >= 4 is 50.4 Å². The Balaban J connectivity index is 1.47. The zero-order chi connectivity index (χ0) is 22.7. The van der Waals surface area contributed by atoms with Crippen LogP contribution in [0.3, 0.4) is 0 Å². The first-order valence-electron chi connectivity index (χ1n) is 9.13. The molecule has 9 nitrogen and oxygen atoms in total. The molecule has 0 aliphatic heterocycles. The lowest BCUT2D eigenvalue weighted by molar-refractivity contribution is 0.103. The summed E-state index contributed by atoms with van der Waals surface area (Å²) < 4.78 is 27.3. The summed E-state index contributed by atoms with van der Waals surface area (Å²) in [5.74, 6) is -0.294. The van der Waals surface area contributed by atoms with Crippen LogP contribution in [0.5, 0.6) is 0 Å². The molecular formula is C20H15ClN6O3S2. The van der Waals surface area contributed by atoms with E-state index in [0.717, 1.165) is 5.56 Å². The normalized spacial score (nSPS) is 11.2. The third-order valence-corrected chi connectivity index (χ3v) is 6.98. The van der Waals surface area contributed by atoms with Crippen molar-refractivity contribution in [1.82, 2.24) is 20.2 Å². The standard InChI is InChI=1S/C20H15ClN6O3S2/c1-12-18(31-20(23-12)13-3-2-10-22-11-13)19(28)24-14-4-6-15(7-5-14)32(29,30)27-17-9-8-16(21)25-26-17/h2-11H,1H3,(H,24,28)(H,26,27). The molecule has 1 aromatic carbocycles. The van der Waals surface area contributed by atoms with Crippen molar-refractivity contribution in [3.63, 3.8) is 0 Å². The molecule has 0 unspecified atom stereocenters. The van der Waals surface area contributed by atoms with Gasteiger partial charge < -0.3 is 5.32 Å². The van der Waals surface area contributed by atoms with E-state index in [4.69, 9.17) is 11.6 Å². The molecule has 0 atom stereocenters. The summed E-state index contributed by atoms with van der Waals surface area (Å²) >= 11 is 6.91. The number of carbonyl (C=O) groups excluding carboxylic acids is 1. The minimum Gasteiger partial charge on any atom is -0.321 e. The molecule has 3 heterocycles. The third kappa shape index (κ3) is 4.90. The molecule has 1 amide bonds. The van der Waals surface area contributed by atoms with E-state index in [2.05, 4.69) is 30.2 Å². The average molecular weight is 487 g/mol. The van der Waals surface area contributed by atoms with E-state index >= 15 is 0 Å². The van der Waals surface area contributed by atoms with E-state index in [-0.39, 0.29) is 21.8 Å². The number of rotatable bonds is 6. The first-order valence-corrected chi connectivity index (χ1v) is 11.8. The lowest BCUT2D eigenvalue weighted by Crippen LogP contribution is -2.15. The molecule has 0 aliphatic rings. The van der Waals surface area contributed by atoms with Crippen molar-refractivity contribution in [2.75, 3.05) is 10.0 Å². The SMILES string of the molecule is Cc1nc(-c2cccnc2)sc1C(=O)Nc1ccc(S(=O)(=O)Nc2ccc(Cl)nn2)cc1. The van der Waals surface area contributed by atoms with Crippen molar-refractivity contribution in [1.29, 1.82) is 0 Å². The zero-order valence-electron chi connectivity index (χ0n) is 16.5. The number of thiazole rings is 1. The number of nitrogens with zero attached hydrogens (tertiary/aromatic N) is 4. The number of amides is 1. The highest BCUT2D eigenvalue weighted by Crippen LogP contribution is 2.28. The van der Waals surface area contributed by atoms with Crippen LogP contribution < -0.4 is 10.0 Å². The van der Waals surface area contributed by atoms with Crippen LogP contribution in [0.15, 0.2) is 65.8 Å². The van der Waals surface area contributed by atoms with Gasteiger partial charge in [0.2, 0.25) is 0 Å². The number of halogens is 1. The maximum atomic E-state index is 12.7. The van der Waals surface area contributed by atoms with Crippen LogP contribution in [0.25, 0.3) is 10.6 Å². The van der Waals surface area contributed by atoms with Gasteiger partial charge in [-0.3, -0.25) is 14.5 Å². The minimum atomic E-state index is -3.88. The maximum Gasteiger partial charge on any atom is 0.267 e. The summed E-state index contributed by atoms with van der Waals surface area (Å²) in [6, 6.07) is 12.2. The summed E-state index contributed by atoms with van der Waals surface area (Å²) in [4.78, 5) is 21.7. The number of hydrogen-bond acceptors (Lipinski definition) is 8. The summed E-state index contributed by atoms with van der Waals surface area (Å²) in [5.41, 5.74) is 1.86. The fraction of sp³-hybridized carbons (Fsp3) is 0.0500. The first kappa shape index (κ1) is 21.8. The van der Waals surface area contributed by atoms with E-state index in [9.17, 15) is 13.2 Å². The van der Waals surface area contributed by atoms with Crippen LogP contribution in [-0.2, 0) is 10.0 Å². The van der Waals surface area contributed by atoms with Gasteiger partial charge in [-0.15, -0.1) is 21.5 Å². The second-order valence-electron chi connectivity index (χ2n) is 6.50. The average Bonchev–Trinajstić information content (AvgIpc) is 3.18. The number of aryl methyl sites for hydroxylation is 1. The highest BCUT2D eigenvalue weighted by atomic mass is 35.5. The maximum absolute atomic E-state index is 12.7. The Morgan fingerprint density at radius 3 is 2.50 bits per heavy atom. The monoisotopic (exact) mass is 486 g/mol. The van der Waals surface area contributed by atoms with Gasteiger partial charge in [-0.2, -0.15) is 0 Å². The highest BCUT2D eigenvalue weighted by Gasteiger charge is 2.18. The zero-order valence-corrected chi connectivity index (χ0v) is 18.9. The second kappa shape index (κ2) is 8.99. The van der Waals surface area contributed by atoms with Crippen LogP contribution in [0.2, 0.25) is 5.15 Å². The number of pyridine rings is 1. The van der Waals surface area contributed by atoms with E-state index < -0.39 is 10.0 Å². The van der Waals surface area contributed by atoms with Crippen LogP contribution in [0.4, 0.5) is 11.5 Å². The molecule has 0 radical (unpaired) electrons. The Labute approximate surface area is 192 Å². The van der Waals surface area contributed by atoms with Crippen molar-refractivity contribution in [2.24, 2.45) is 0 Å². The molecule has 32 heavy (non-hydrogen) atoms.